The van der Waals surface area contributed by atoms with E-state index in [2.05, 4.69) is 0 Å². The molecule has 1 saturated heterocycles. The van der Waals surface area contributed by atoms with Gasteiger partial charge in [-0.25, -0.2) is 4.74 Å². The van der Waals surface area contributed by atoms with Crippen molar-refractivity contribution in [2.75, 3.05) is 0 Å². The third-order valence-corrected chi connectivity index (χ3v) is 2.85. The first-order valence-corrected chi connectivity index (χ1v) is 6.14. The molecule has 1 fully saturated rings. The third-order valence-electron chi connectivity index (χ3n) is 2.85. The van der Waals surface area contributed by atoms with Crippen molar-refractivity contribution in [3.63, 3.8) is 0 Å². The van der Waals surface area contributed by atoms with Crippen LogP contribution in [-0.4, -0.2) is 28.9 Å². The van der Waals surface area contributed by atoms with Gasteiger partial charge in [0.15, 0.2) is 24.7 Å². The normalized spacial score (nSPS) is 27.4. The maximum Gasteiger partial charge on any atom is 0.183 e. The molecule has 0 N–H and O–H groups in total. The third kappa shape index (κ3) is 3.31. The highest BCUT2D eigenvalue weighted by Crippen LogP contribution is 2.26. The first-order valence-electron chi connectivity index (χ1n) is 6.14. The summed E-state index contributed by atoms with van der Waals surface area (Å²) in [5.74, 6) is -0.617. The summed E-state index contributed by atoms with van der Waals surface area (Å²) >= 11 is 0. The Morgan fingerprint density at radius 3 is 2.50 bits per heavy atom. The second kappa shape index (κ2) is 5.08. The zero-order valence-electron chi connectivity index (χ0n) is 11.0. The van der Waals surface area contributed by atoms with Gasteiger partial charge in [0.2, 0.25) is 0 Å². The zero-order valence-corrected chi connectivity index (χ0v) is 11.0. The lowest BCUT2D eigenvalue weighted by Gasteiger charge is -2.15. The molecule has 1 heterocycles. The molecule has 1 aliphatic rings. The van der Waals surface area contributed by atoms with Gasteiger partial charge in [-0.2, -0.15) is 0 Å². The van der Waals surface area contributed by atoms with Crippen LogP contribution in [0.4, 0.5) is 0 Å². The van der Waals surface area contributed by atoms with Crippen molar-refractivity contribution in [1.82, 2.24) is 0 Å². The number of rotatable bonds is 3. The monoisotopic (exact) mass is 249 g/mol. The fourth-order valence-corrected chi connectivity index (χ4v) is 2.10. The molecule has 0 spiro atoms. The molecule has 1 aliphatic heterocycles. The van der Waals surface area contributed by atoms with Crippen LogP contribution in [0.15, 0.2) is 30.3 Å². The van der Waals surface area contributed by atoms with E-state index in [0.717, 1.165) is 10.3 Å². The van der Waals surface area contributed by atoms with Crippen molar-refractivity contribution >= 4 is 6.21 Å². The van der Waals surface area contributed by atoms with E-state index in [-0.39, 0.29) is 12.2 Å². The molecule has 0 unspecified atom stereocenters. The van der Waals surface area contributed by atoms with Gasteiger partial charge in [0.05, 0.1) is 6.10 Å². The topological polar surface area (TPSA) is 44.5 Å². The van der Waals surface area contributed by atoms with Crippen LogP contribution >= 0.6 is 0 Å². The van der Waals surface area contributed by atoms with E-state index >= 15 is 0 Å². The van der Waals surface area contributed by atoms with E-state index in [1.807, 2.05) is 51.1 Å². The number of benzene rings is 1. The molecule has 4 nitrogen and oxygen atoms in total. The Balaban J connectivity index is 2.01. The molecule has 98 valence electrons. The maximum atomic E-state index is 11.9. The van der Waals surface area contributed by atoms with Gasteiger partial charge in [0.25, 0.3) is 0 Å². The van der Waals surface area contributed by atoms with Gasteiger partial charge in [0, 0.05) is 5.56 Å². The van der Waals surface area contributed by atoms with Gasteiger partial charge in [-0.1, -0.05) is 30.3 Å². The van der Waals surface area contributed by atoms with Crippen LogP contribution < -0.4 is 0 Å². The predicted molar refractivity (Wildman–Crippen MR) is 69.3 cm³/mol. The Morgan fingerprint density at radius 1 is 1.28 bits per heavy atom. The summed E-state index contributed by atoms with van der Waals surface area (Å²) in [5.41, 5.74) is 0.981. The molecule has 0 aliphatic carbocycles. The smallest absolute Gasteiger partial charge is 0.183 e. The summed E-state index contributed by atoms with van der Waals surface area (Å²) in [6.45, 7) is 5.94. The quantitative estimate of drug-likeness (QED) is 0.357. The van der Waals surface area contributed by atoms with E-state index in [9.17, 15) is 5.21 Å². The lowest BCUT2D eigenvalue weighted by molar-refractivity contribution is -0.473. The highest BCUT2D eigenvalue weighted by molar-refractivity contribution is 5.59. The number of ether oxygens (including phenoxy) is 2. The second-order valence-corrected chi connectivity index (χ2v) is 5.02. The van der Waals surface area contributed by atoms with Crippen molar-refractivity contribution in [3.05, 3.63) is 41.1 Å². The molecule has 18 heavy (non-hydrogen) atoms. The van der Waals surface area contributed by atoms with E-state index in [1.165, 1.54) is 0 Å². The Morgan fingerprint density at radius 2 is 1.94 bits per heavy atom. The first kappa shape index (κ1) is 13.1. The Bertz CT molecular complexity index is 428. The average molecular weight is 249 g/mol. The van der Waals surface area contributed by atoms with Crippen LogP contribution in [0.1, 0.15) is 26.3 Å². The van der Waals surface area contributed by atoms with Gasteiger partial charge in [0.1, 0.15) is 0 Å². The number of hydrogen-bond donors (Lipinski definition) is 0. The van der Waals surface area contributed by atoms with Crippen LogP contribution in [0.25, 0.3) is 0 Å². The summed E-state index contributed by atoms with van der Waals surface area (Å²) in [6.07, 6.45) is 1.15. The van der Waals surface area contributed by atoms with Gasteiger partial charge in [-0.05, 0) is 20.8 Å². The predicted octanol–water partition coefficient (Wildman–Crippen LogP) is 2.31. The standard InChI is InChI=1S/C14H19NO3/c1-11-13(18-14(2,3)17-11)10-15(16)9-12-7-5-4-6-8-12/h4-8,10-11,13H,9H2,1-3H3/b15-10-/t11-,13-/m0/s1. The lowest BCUT2D eigenvalue weighted by atomic mass is 10.2. The second-order valence-electron chi connectivity index (χ2n) is 5.02. The molecule has 0 radical (unpaired) electrons. The molecule has 4 heteroatoms. The minimum absolute atomic E-state index is 0.104. The highest BCUT2D eigenvalue weighted by Gasteiger charge is 2.39. The molecule has 1 aromatic carbocycles. The van der Waals surface area contributed by atoms with E-state index in [0.29, 0.717) is 6.54 Å². The van der Waals surface area contributed by atoms with Crippen molar-refractivity contribution < 1.29 is 14.2 Å². The van der Waals surface area contributed by atoms with Crippen molar-refractivity contribution in [2.45, 2.75) is 45.3 Å². The van der Waals surface area contributed by atoms with Gasteiger partial charge < -0.3 is 14.7 Å². The Labute approximate surface area is 107 Å². The molecular weight excluding hydrogens is 230 g/mol. The molecule has 0 saturated carbocycles. The summed E-state index contributed by atoms with van der Waals surface area (Å²) < 4.78 is 12.1. The van der Waals surface area contributed by atoms with Crippen molar-refractivity contribution in [3.8, 4) is 0 Å². The van der Waals surface area contributed by atoms with Crippen LogP contribution in [-0.2, 0) is 16.0 Å². The fourth-order valence-electron chi connectivity index (χ4n) is 2.10. The van der Waals surface area contributed by atoms with Crippen LogP contribution in [0.5, 0.6) is 0 Å². The highest BCUT2D eigenvalue weighted by atomic mass is 16.7. The summed E-state index contributed by atoms with van der Waals surface area (Å²) in [4.78, 5) is 0. The summed E-state index contributed by atoms with van der Waals surface area (Å²) in [6, 6.07) is 9.63. The van der Waals surface area contributed by atoms with E-state index < -0.39 is 5.79 Å². The van der Waals surface area contributed by atoms with Crippen LogP contribution in [0.3, 0.4) is 0 Å². The number of hydrogen-bond acceptors (Lipinski definition) is 3. The zero-order chi connectivity index (χ0) is 13.2. The summed E-state index contributed by atoms with van der Waals surface area (Å²) in [7, 11) is 0. The minimum Gasteiger partial charge on any atom is -0.624 e. The molecule has 0 bridgehead atoms. The molecular formula is C14H19NO3. The van der Waals surface area contributed by atoms with Crippen molar-refractivity contribution in [1.29, 1.82) is 0 Å². The van der Waals surface area contributed by atoms with Crippen LogP contribution in [0, 0.1) is 5.21 Å². The largest absolute Gasteiger partial charge is 0.624 e. The molecule has 0 amide bonds. The van der Waals surface area contributed by atoms with Crippen molar-refractivity contribution in [2.24, 2.45) is 0 Å². The maximum absolute atomic E-state index is 11.9. The number of hydroxylamine groups is 1. The van der Waals surface area contributed by atoms with E-state index in [1.54, 1.807) is 6.21 Å². The Kier molecular flexibility index (Phi) is 3.68. The Hall–Kier alpha value is -1.39. The van der Waals surface area contributed by atoms with Gasteiger partial charge in [-0.15, -0.1) is 0 Å². The lowest BCUT2D eigenvalue weighted by Crippen LogP contribution is -2.26. The fraction of sp³-hybridized carbons (Fsp3) is 0.500. The SMILES string of the molecule is C[C@@H]1OC(C)(C)O[C@H]1/C=[N+](\[O-])Cc1ccccc1. The summed E-state index contributed by atoms with van der Waals surface area (Å²) in [5, 5.41) is 11.9. The van der Waals surface area contributed by atoms with Gasteiger partial charge in [-0.3, -0.25) is 0 Å². The van der Waals surface area contributed by atoms with Crippen LogP contribution in [0.2, 0.25) is 0 Å². The molecule has 2 atom stereocenters. The van der Waals surface area contributed by atoms with Gasteiger partial charge >= 0.3 is 0 Å². The van der Waals surface area contributed by atoms with E-state index in [4.69, 9.17) is 9.47 Å². The minimum atomic E-state index is -0.617. The molecule has 1 aromatic rings. The number of nitrogens with zero attached hydrogens (tertiary/aromatic N) is 1. The molecule has 2 rings (SSSR count). The molecule has 0 aromatic heterocycles. The first-order chi connectivity index (χ1) is 8.46. The average Bonchev–Trinajstić information content (AvgIpc) is 2.53.